The normalized spacial score (nSPS) is 32.4. The van der Waals surface area contributed by atoms with Crippen LogP contribution >= 0.6 is 0 Å². The predicted molar refractivity (Wildman–Crippen MR) is 77.7 cm³/mol. The number of likely N-dealkylation sites (tertiary alicyclic amines) is 1. The van der Waals surface area contributed by atoms with E-state index >= 15 is 0 Å². The lowest BCUT2D eigenvalue weighted by atomic mass is 9.75. The maximum absolute atomic E-state index is 13.0. The molecular formula is C16H22N2O4. The molecule has 1 aromatic rings. The Bertz CT molecular complexity index is 526. The van der Waals surface area contributed by atoms with Gasteiger partial charge in [0.2, 0.25) is 0 Å². The summed E-state index contributed by atoms with van der Waals surface area (Å²) in [6, 6.07) is 1.98. The lowest BCUT2D eigenvalue weighted by Gasteiger charge is -2.43. The molecule has 0 spiro atoms. The van der Waals surface area contributed by atoms with Crippen molar-refractivity contribution in [3.8, 4) is 0 Å². The summed E-state index contributed by atoms with van der Waals surface area (Å²) in [5.74, 6) is 0.115. The number of furan rings is 1. The van der Waals surface area contributed by atoms with Crippen LogP contribution in [0, 0.1) is 5.41 Å². The third-order valence-corrected chi connectivity index (χ3v) is 5.09. The van der Waals surface area contributed by atoms with Crippen LogP contribution in [-0.4, -0.2) is 54.8 Å². The summed E-state index contributed by atoms with van der Waals surface area (Å²) in [4.78, 5) is 20.9. The van der Waals surface area contributed by atoms with Gasteiger partial charge in [0.1, 0.15) is 0 Å². The van der Waals surface area contributed by atoms with Gasteiger partial charge in [-0.25, -0.2) is 5.06 Å². The van der Waals surface area contributed by atoms with Crippen LogP contribution in [0.1, 0.15) is 24.8 Å². The number of amides is 1. The molecule has 2 atom stereocenters. The molecule has 0 aliphatic carbocycles. The van der Waals surface area contributed by atoms with Crippen LogP contribution in [-0.2, 0) is 20.9 Å². The third-order valence-electron chi connectivity index (χ3n) is 5.09. The van der Waals surface area contributed by atoms with Crippen molar-refractivity contribution in [2.75, 3.05) is 32.8 Å². The fraction of sp³-hybridized carbons (Fsp3) is 0.688. The molecule has 120 valence electrons. The van der Waals surface area contributed by atoms with Gasteiger partial charge in [0, 0.05) is 31.8 Å². The number of nitrogens with zero attached hydrogens (tertiary/aromatic N) is 2. The van der Waals surface area contributed by atoms with E-state index in [1.165, 1.54) is 0 Å². The highest BCUT2D eigenvalue weighted by Gasteiger charge is 2.55. The monoisotopic (exact) mass is 306 g/mol. The molecule has 0 radical (unpaired) electrons. The Balaban J connectivity index is 1.53. The minimum absolute atomic E-state index is 0.0322. The molecule has 1 amide bonds. The fourth-order valence-corrected chi connectivity index (χ4v) is 3.97. The first-order valence-corrected chi connectivity index (χ1v) is 8.08. The van der Waals surface area contributed by atoms with Gasteiger partial charge in [0.25, 0.3) is 5.91 Å². The second-order valence-electron chi connectivity index (χ2n) is 6.49. The van der Waals surface area contributed by atoms with Gasteiger partial charge in [-0.15, -0.1) is 0 Å². The van der Waals surface area contributed by atoms with E-state index in [9.17, 15) is 4.79 Å². The van der Waals surface area contributed by atoms with Gasteiger partial charge in [0.15, 0.2) is 0 Å². The van der Waals surface area contributed by atoms with Crippen molar-refractivity contribution in [2.24, 2.45) is 5.41 Å². The Hall–Kier alpha value is -1.37. The molecule has 3 fully saturated rings. The summed E-state index contributed by atoms with van der Waals surface area (Å²) in [6.45, 7) is 4.53. The molecule has 3 aliphatic rings. The molecule has 0 N–H and O–H groups in total. The van der Waals surface area contributed by atoms with Gasteiger partial charge in [-0.2, -0.15) is 0 Å². The van der Waals surface area contributed by atoms with Crippen LogP contribution in [0.2, 0.25) is 0 Å². The highest BCUT2D eigenvalue weighted by molar-refractivity contribution is 5.83. The molecule has 3 aliphatic heterocycles. The average molecular weight is 306 g/mol. The largest absolute Gasteiger partial charge is 0.472 e. The van der Waals surface area contributed by atoms with Crippen molar-refractivity contribution >= 4 is 5.91 Å². The molecule has 3 saturated heterocycles. The molecule has 0 unspecified atom stereocenters. The highest BCUT2D eigenvalue weighted by Crippen LogP contribution is 2.43. The smallest absolute Gasteiger partial charge is 0.256 e. The number of fused-ring (bicyclic) bond motifs is 1. The quantitative estimate of drug-likeness (QED) is 0.845. The van der Waals surface area contributed by atoms with Crippen LogP contribution in [0.15, 0.2) is 23.0 Å². The minimum atomic E-state index is -0.438. The zero-order chi connectivity index (χ0) is 15.0. The molecule has 0 saturated carbocycles. The van der Waals surface area contributed by atoms with Crippen molar-refractivity contribution in [2.45, 2.75) is 31.9 Å². The van der Waals surface area contributed by atoms with Crippen LogP contribution in [0.4, 0.5) is 0 Å². The van der Waals surface area contributed by atoms with E-state index in [0.29, 0.717) is 19.8 Å². The number of hydrogen-bond acceptors (Lipinski definition) is 5. The molecular weight excluding hydrogens is 284 g/mol. The third kappa shape index (κ3) is 2.35. The number of piperidine rings is 1. The van der Waals surface area contributed by atoms with Gasteiger partial charge in [0.05, 0.1) is 37.2 Å². The van der Waals surface area contributed by atoms with E-state index in [2.05, 4.69) is 4.90 Å². The fourth-order valence-electron chi connectivity index (χ4n) is 3.97. The van der Waals surface area contributed by atoms with E-state index in [0.717, 1.165) is 44.5 Å². The van der Waals surface area contributed by atoms with Crippen molar-refractivity contribution in [3.63, 3.8) is 0 Å². The van der Waals surface area contributed by atoms with Crippen molar-refractivity contribution < 1.29 is 18.8 Å². The Morgan fingerprint density at radius 2 is 2.32 bits per heavy atom. The Morgan fingerprint density at radius 1 is 1.36 bits per heavy atom. The first-order chi connectivity index (χ1) is 10.8. The molecule has 22 heavy (non-hydrogen) atoms. The highest BCUT2D eigenvalue weighted by atomic mass is 16.7. The van der Waals surface area contributed by atoms with Gasteiger partial charge in [-0.1, -0.05) is 0 Å². The van der Waals surface area contributed by atoms with Crippen LogP contribution in [0.5, 0.6) is 0 Å². The molecule has 4 rings (SSSR count). The summed E-state index contributed by atoms with van der Waals surface area (Å²) in [7, 11) is 0. The number of carbonyl (C=O) groups excluding carboxylic acids is 1. The van der Waals surface area contributed by atoms with Gasteiger partial charge in [-0.05, 0) is 25.3 Å². The Labute approximate surface area is 129 Å². The number of hydrogen-bond donors (Lipinski definition) is 0. The molecule has 6 nitrogen and oxygen atoms in total. The first kappa shape index (κ1) is 14.2. The standard InChI is InChI=1S/C16H22N2O4/c19-15(18-5-1-7-22-18)16-4-9-21-14(16)2-6-17(12-16)10-13-3-8-20-11-13/h3,8,11,14H,1-2,4-7,9-10,12H2/t14-,16-/m1/s1. The van der Waals surface area contributed by atoms with E-state index < -0.39 is 5.41 Å². The van der Waals surface area contributed by atoms with Crippen molar-refractivity contribution in [3.05, 3.63) is 24.2 Å². The lowest BCUT2D eigenvalue weighted by molar-refractivity contribution is -0.187. The number of hydroxylamine groups is 2. The van der Waals surface area contributed by atoms with Gasteiger partial charge in [-0.3, -0.25) is 14.5 Å². The molecule has 0 bridgehead atoms. The molecule has 0 aromatic carbocycles. The lowest BCUT2D eigenvalue weighted by Crippen LogP contribution is -2.57. The Kier molecular flexibility index (Phi) is 3.68. The summed E-state index contributed by atoms with van der Waals surface area (Å²) in [6.07, 6.45) is 6.11. The topological polar surface area (TPSA) is 55.2 Å². The van der Waals surface area contributed by atoms with E-state index in [-0.39, 0.29) is 12.0 Å². The molecule has 6 heteroatoms. The molecule has 4 heterocycles. The van der Waals surface area contributed by atoms with E-state index in [1.807, 2.05) is 6.07 Å². The van der Waals surface area contributed by atoms with Crippen LogP contribution in [0.25, 0.3) is 0 Å². The number of carbonyl (C=O) groups is 1. The van der Waals surface area contributed by atoms with Crippen molar-refractivity contribution in [1.82, 2.24) is 9.96 Å². The predicted octanol–water partition coefficient (Wildman–Crippen LogP) is 1.42. The second kappa shape index (κ2) is 5.68. The summed E-state index contributed by atoms with van der Waals surface area (Å²) < 4.78 is 11.0. The summed E-state index contributed by atoms with van der Waals surface area (Å²) in [5, 5.41) is 1.57. The van der Waals surface area contributed by atoms with Crippen LogP contribution in [0.3, 0.4) is 0 Å². The maximum Gasteiger partial charge on any atom is 0.256 e. The van der Waals surface area contributed by atoms with Crippen LogP contribution < -0.4 is 0 Å². The van der Waals surface area contributed by atoms with Gasteiger partial charge < -0.3 is 9.15 Å². The van der Waals surface area contributed by atoms with E-state index in [1.54, 1.807) is 17.6 Å². The SMILES string of the molecule is O=C(N1CCCO1)[C@@]12CCO[C@@H]1CCN(Cc1ccoc1)C2. The minimum Gasteiger partial charge on any atom is -0.472 e. The van der Waals surface area contributed by atoms with E-state index in [4.69, 9.17) is 14.0 Å². The second-order valence-corrected chi connectivity index (χ2v) is 6.49. The summed E-state index contributed by atoms with van der Waals surface area (Å²) in [5.41, 5.74) is 0.712. The first-order valence-electron chi connectivity index (χ1n) is 8.08. The van der Waals surface area contributed by atoms with Gasteiger partial charge >= 0.3 is 0 Å². The average Bonchev–Trinajstić information content (AvgIpc) is 3.27. The maximum atomic E-state index is 13.0. The Morgan fingerprint density at radius 3 is 3.09 bits per heavy atom. The summed E-state index contributed by atoms with van der Waals surface area (Å²) >= 11 is 0. The molecule has 1 aromatic heterocycles. The number of ether oxygens (including phenoxy) is 1. The zero-order valence-electron chi connectivity index (χ0n) is 12.7. The zero-order valence-corrected chi connectivity index (χ0v) is 12.7. The number of rotatable bonds is 3. The van der Waals surface area contributed by atoms with Crippen molar-refractivity contribution in [1.29, 1.82) is 0 Å².